The van der Waals surface area contributed by atoms with Gasteiger partial charge in [0.15, 0.2) is 5.82 Å². The highest BCUT2D eigenvalue weighted by molar-refractivity contribution is 5.99. The summed E-state index contributed by atoms with van der Waals surface area (Å²) >= 11 is 0. The lowest BCUT2D eigenvalue weighted by Crippen LogP contribution is -2.56. The standard InChI is InChI=1S/C20H17F2N3O/c21-20(22)13-19(14-20,15-7-3-1-4-8-15)18(26)23-17-11-12-25(24-17)16-9-5-2-6-10-16/h1-12H,13-14H2,(H,23,24,26). The second-order valence-electron chi connectivity index (χ2n) is 6.59. The highest BCUT2D eigenvalue weighted by atomic mass is 19.3. The lowest BCUT2D eigenvalue weighted by Gasteiger charge is -2.46. The smallest absolute Gasteiger partial charge is 0.250 e. The number of carbonyl (C=O) groups is 1. The van der Waals surface area contributed by atoms with E-state index >= 15 is 0 Å². The number of anilines is 1. The Morgan fingerprint density at radius 1 is 0.962 bits per heavy atom. The van der Waals surface area contributed by atoms with Gasteiger partial charge in [-0.15, -0.1) is 0 Å². The highest BCUT2D eigenvalue weighted by Crippen LogP contribution is 2.53. The van der Waals surface area contributed by atoms with Gasteiger partial charge in [-0.1, -0.05) is 48.5 Å². The molecule has 0 bridgehead atoms. The molecular formula is C20H17F2N3O. The molecule has 2 aromatic carbocycles. The lowest BCUT2D eigenvalue weighted by atomic mass is 9.61. The molecule has 1 amide bonds. The number of rotatable bonds is 4. The summed E-state index contributed by atoms with van der Waals surface area (Å²) in [6.45, 7) is 0. The van der Waals surface area contributed by atoms with Gasteiger partial charge in [0.05, 0.1) is 11.1 Å². The number of hydrogen-bond acceptors (Lipinski definition) is 2. The summed E-state index contributed by atoms with van der Waals surface area (Å²) in [4.78, 5) is 12.9. The molecule has 1 saturated carbocycles. The number of halogens is 2. The zero-order valence-corrected chi connectivity index (χ0v) is 13.9. The second kappa shape index (κ2) is 6.05. The van der Waals surface area contributed by atoms with Crippen molar-refractivity contribution >= 4 is 11.7 Å². The molecule has 6 heteroatoms. The normalized spacial score (nSPS) is 17.3. The fraction of sp³-hybridized carbons (Fsp3) is 0.200. The average molecular weight is 353 g/mol. The highest BCUT2D eigenvalue weighted by Gasteiger charge is 2.61. The van der Waals surface area contributed by atoms with Crippen LogP contribution < -0.4 is 5.32 Å². The van der Waals surface area contributed by atoms with Crippen LogP contribution >= 0.6 is 0 Å². The first-order valence-electron chi connectivity index (χ1n) is 8.35. The molecule has 1 heterocycles. The second-order valence-corrected chi connectivity index (χ2v) is 6.59. The minimum Gasteiger partial charge on any atom is -0.308 e. The Morgan fingerprint density at radius 2 is 1.58 bits per heavy atom. The molecule has 1 aliphatic rings. The molecule has 1 aromatic heterocycles. The molecular weight excluding hydrogens is 336 g/mol. The van der Waals surface area contributed by atoms with Gasteiger partial charge in [-0.3, -0.25) is 4.79 Å². The van der Waals surface area contributed by atoms with E-state index in [9.17, 15) is 13.6 Å². The molecule has 0 unspecified atom stereocenters. The van der Waals surface area contributed by atoms with E-state index in [1.165, 1.54) is 0 Å². The topological polar surface area (TPSA) is 46.9 Å². The van der Waals surface area contributed by atoms with E-state index in [-0.39, 0.29) is 0 Å². The number of para-hydroxylation sites is 1. The third-order valence-corrected chi connectivity index (χ3v) is 4.73. The van der Waals surface area contributed by atoms with E-state index in [4.69, 9.17) is 0 Å². The van der Waals surface area contributed by atoms with Gasteiger partial charge in [0.1, 0.15) is 0 Å². The molecule has 4 rings (SSSR count). The van der Waals surface area contributed by atoms with Crippen molar-refractivity contribution in [1.82, 2.24) is 9.78 Å². The maximum atomic E-state index is 13.6. The van der Waals surface area contributed by atoms with Gasteiger partial charge in [0, 0.05) is 25.1 Å². The van der Waals surface area contributed by atoms with Crippen LogP contribution in [0.15, 0.2) is 72.9 Å². The summed E-state index contributed by atoms with van der Waals surface area (Å²) in [6.07, 6.45) is 0.736. The van der Waals surface area contributed by atoms with E-state index in [0.717, 1.165) is 5.69 Å². The number of hydrogen-bond donors (Lipinski definition) is 1. The summed E-state index contributed by atoms with van der Waals surface area (Å²) in [7, 11) is 0. The predicted molar refractivity (Wildman–Crippen MR) is 94.5 cm³/mol. The fourth-order valence-corrected chi connectivity index (χ4v) is 3.44. The minimum atomic E-state index is -2.82. The molecule has 0 saturated heterocycles. The van der Waals surface area contributed by atoms with Crippen molar-refractivity contribution in [2.45, 2.75) is 24.2 Å². The molecule has 1 fully saturated rings. The van der Waals surface area contributed by atoms with E-state index in [2.05, 4.69) is 10.4 Å². The molecule has 1 aliphatic carbocycles. The average Bonchev–Trinajstić information content (AvgIpc) is 3.09. The molecule has 1 N–H and O–H groups in total. The van der Waals surface area contributed by atoms with Crippen LogP contribution in [0.5, 0.6) is 0 Å². The van der Waals surface area contributed by atoms with Crippen LogP contribution in [0, 0.1) is 0 Å². The van der Waals surface area contributed by atoms with E-state index in [1.54, 1.807) is 47.3 Å². The number of benzene rings is 2. The number of nitrogens with one attached hydrogen (secondary N) is 1. The fourth-order valence-electron chi connectivity index (χ4n) is 3.44. The van der Waals surface area contributed by atoms with Crippen LogP contribution in [0.2, 0.25) is 0 Å². The number of nitrogens with zero attached hydrogens (tertiary/aromatic N) is 2. The molecule has 3 aromatic rings. The van der Waals surface area contributed by atoms with Crippen molar-refractivity contribution in [3.8, 4) is 5.69 Å². The van der Waals surface area contributed by atoms with Crippen LogP contribution in [0.25, 0.3) is 5.69 Å². The monoisotopic (exact) mass is 353 g/mol. The zero-order chi connectivity index (χ0) is 18.2. The largest absolute Gasteiger partial charge is 0.308 e. The Morgan fingerprint density at radius 3 is 2.19 bits per heavy atom. The summed E-state index contributed by atoms with van der Waals surface area (Å²) in [5, 5.41) is 7.03. The van der Waals surface area contributed by atoms with Crippen LogP contribution in [-0.4, -0.2) is 21.6 Å². The Balaban J connectivity index is 1.58. The number of amides is 1. The maximum Gasteiger partial charge on any atom is 0.250 e. The van der Waals surface area contributed by atoms with Crippen LogP contribution in [0.4, 0.5) is 14.6 Å². The Bertz CT molecular complexity index is 914. The van der Waals surface area contributed by atoms with Crippen LogP contribution in [0.1, 0.15) is 18.4 Å². The number of carbonyl (C=O) groups excluding carboxylic acids is 1. The van der Waals surface area contributed by atoms with Crippen molar-refractivity contribution in [3.63, 3.8) is 0 Å². The number of aromatic nitrogens is 2. The number of alkyl halides is 2. The summed E-state index contributed by atoms with van der Waals surface area (Å²) in [6, 6.07) is 19.8. The molecule has 132 valence electrons. The maximum absolute atomic E-state index is 13.6. The van der Waals surface area contributed by atoms with Gasteiger partial charge in [-0.25, -0.2) is 13.5 Å². The molecule has 0 aliphatic heterocycles. The van der Waals surface area contributed by atoms with Gasteiger partial charge in [0.2, 0.25) is 5.91 Å². The van der Waals surface area contributed by atoms with Crippen molar-refractivity contribution < 1.29 is 13.6 Å². The van der Waals surface area contributed by atoms with Gasteiger partial charge < -0.3 is 5.32 Å². The van der Waals surface area contributed by atoms with E-state index in [0.29, 0.717) is 11.4 Å². The minimum absolute atomic E-state index is 0.337. The lowest BCUT2D eigenvalue weighted by molar-refractivity contribution is -0.154. The van der Waals surface area contributed by atoms with Crippen LogP contribution in [0.3, 0.4) is 0 Å². The van der Waals surface area contributed by atoms with E-state index in [1.807, 2.05) is 30.3 Å². The molecule has 26 heavy (non-hydrogen) atoms. The molecule has 0 spiro atoms. The van der Waals surface area contributed by atoms with Crippen molar-refractivity contribution in [3.05, 3.63) is 78.5 Å². The first-order valence-corrected chi connectivity index (χ1v) is 8.35. The Hall–Kier alpha value is -3.02. The van der Waals surface area contributed by atoms with Crippen molar-refractivity contribution in [2.24, 2.45) is 0 Å². The van der Waals surface area contributed by atoms with Gasteiger partial charge in [-0.2, -0.15) is 5.10 Å². The van der Waals surface area contributed by atoms with Gasteiger partial charge >= 0.3 is 0 Å². The summed E-state index contributed by atoms with van der Waals surface area (Å²) in [5.41, 5.74) is 0.230. The Labute approximate surface area is 149 Å². The van der Waals surface area contributed by atoms with Gasteiger partial charge in [-0.05, 0) is 17.7 Å². The van der Waals surface area contributed by atoms with Gasteiger partial charge in [0.25, 0.3) is 5.92 Å². The van der Waals surface area contributed by atoms with E-state index < -0.39 is 30.1 Å². The summed E-state index contributed by atoms with van der Waals surface area (Å²) in [5.74, 6) is -2.94. The molecule has 0 radical (unpaired) electrons. The Kier molecular flexibility index (Phi) is 3.83. The van der Waals surface area contributed by atoms with Crippen molar-refractivity contribution in [2.75, 3.05) is 5.32 Å². The quantitative estimate of drug-likeness (QED) is 0.765. The third kappa shape index (κ3) is 2.87. The first-order chi connectivity index (χ1) is 12.5. The summed E-state index contributed by atoms with van der Waals surface area (Å²) < 4.78 is 28.9. The molecule has 4 nitrogen and oxygen atoms in total. The third-order valence-electron chi connectivity index (χ3n) is 4.73. The SMILES string of the molecule is O=C(Nc1ccn(-c2ccccc2)n1)C1(c2ccccc2)CC(F)(F)C1. The van der Waals surface area contributed by atoms with Crippen LogP contribution in [-0.2, 0) is 10.2 Å². The zero-order valence-electron chi connectivity index (χ0n) is 13.9. The van der Waals surface area contributed by atoms with Crippen molar-refractivity contribution in [1.29, 1.82) is 0 Å². The predicted octanol–water partition coefficient (Wildman–Crippen LogP) is 4.18. The molecule has 0 atom stereocenters. The first kappa shape index (κ1) is 16.4.